The van der Waals surface area contributed by atoms with E-state index in [1.165, 1.54) is 0 Å². The van der Waals surface area contributed by atoms with E-state index in [1.54, 1.807) is 0 Å². The third-order valence-corrected chi connectivity index (χ3v) is 0.722. The maximum absolute atomic E-state index is 4.92. The fourth-order valence-electron chi connectivity index (χ4n) is 0.365. The lowest BCUT2D eigenvalue weighted by molar-refractivity contribution is 0.130. The molecule has 0 aliphatic carbocycles. The second-order valence-corrected chi connectivity index (χ2v) is 1.37. The molecule has 0 fully saturated rings. The molecular weight excluding hydrogens is 104 g/mol. The SMILES string of the molecule is [CH2]COCCCO[CH2]. The third kappa shape index (κ3) is 5.92. The minimum atomic E-state index is 0.539. The summed E-state index contributed by atoms with van der Waals surface area (Å²) in [5.41, 5.74) is 0. The topological polar surface area (TPSA) is 18.5 Å². The first-order chi connectivity index (χ1) is 3.91. The molecule has 0 bridgehead atoms. The predicted octanol–water partition coefficient (Wildman–Crippen LogP) is 1.04. The minimum absolute atomic E-state index is 0.539. The quantitative estimate of drug-likeness (QED) is 0.499. The summed E-state index contributed by atoms with van der Waals surface area (Å²) in [6.07, 6.45) is 0.902. The van der Waals surface area contributed by atoms with Crippen molar-refractivity contribution in [3.8, 4) is 0 Å². The molecule has 0 aromatic carbocycles. The van der Waals surface area contributed by atoms with Crippen LogP contribution in [0.1, 0.15) is 6.42 Å². The molecule has 8 heavy (non-hydrogen) atoms. The van der Waals surface area contributed by atoms with Crippen molar-refractivity contribution < 1.29 is 9.47 Å². The zero-order valence-electron chi connectivity index (χ0n) is 5.06. The summed E-state index contributed by atoms with van der Waals surface area (Å²) < 4.78 is 9.45. The van der Waals surface area contributed by atoms with Gasteiger partial charge in [-0.05, 0) is 13.3 Å². The molecule has 0 unspecified atom stereocenters. The Morgan fingerprint density at radius 2 is 2.00 bits per heavy atom. The van der Waals surface area contributed by atoms with E-state index in [0.717, 1.165) is 13.0 Å². The number of rotatable bonds is 5. The van der Waals surface area contributed by atoms with Gasteiger partial charge in [0.15, 0.2) is 0 Å². The molecule has 0 saturated carbocycles. The third-order valence-electron chi connectivity index (χ3n) is 0.722. The van der Waals surface area contributed by atoms with Gasteiger partial charge in [0.2, 0.25) is 0 Å². The van der Waals surface area contributed by atoms with Crippen LogP contribution in [0.4, 0.5) is 0 Å². The van der Waals surface area contributed by atoms with Crippen LogP contribution < -0.4 is 0 Å². The molecule has 0 aliphatic rings. The van der Waals surface area contributed by atoms with Gasteiger partial charge in [-0.25, -0.2) is 0 Å². The van der Waals surface area contributed by atoms with Gasteiger partial charge in [0.1, 0.15) is 0 Å². The highest BCUT2D eigenvalue weighted by molar-refractivity contribution is 4.34. The standard InChI is InChI=1S/C6H12O2/c1-3-8-6-4-5-7-2/h1-6H2. The summed E-state index contributed by atoms with van der Waals surface area (Å²) in [4.78, 5) is 0. The predicted molar refractivity (Wildman–Crippen MR) is 32.1 cm³/mol. The fraction of sp³-hybridized carbons (Fsp3) is 0.667. The van der Waals surface area contributed by atoms with Crippen molar-refractivity contribution in [2.75, 3.05) is 19.8 Å². The Kier molecular flexibility index (Phi) is 6.85. The van der Waals surface area contributed by atoms with Gasteiger partial charge in [-0.3, -0.25) is 0 Å². The molecule has 0 aliphatic heterocycles. The Morgan fingerprint density at radius 3 is 2.50 bits per heavy atom. The van der Waals surface area contributed by atoms with Gasteiger partial charge in [-0.1, -0.05) is 0 Å². The average Bonchev–Trinajstić information content (AvgIpc) is 1.81. The first-order valence-electron chi connectivity index (χ1n) is 2.65. The van der Waals surface area contributed by atoms with Gasteiger partial charge in [0, 0.05) is 19.8 Å². The smallest absolute Gasteiger partial charge is 0.0700 e. The molecule has 2 nitrogen and oxygen atoms in total. The maximum atomic E-state index is 4.92. The van der Waals surface area contributed by atoms with Crippen molar-refractivity contribution in [2.24, 2.45) is 0 Å². The Bertz CT molecular complexity index is 31.5. The molecule has 0 aromatic rings. The monoisotopic (exact) mass is 116 g/mol. The van der Waals surface area contributed by atoms with Crippen LogP contribution in [0.5, 0.6) is 0 Å². The number of hydrogen-bond acceptors (Lipinski definition) is 2. The summed E-state index contributed by atoms with van der Waals surface area (Å²) in [5, 5.41) is 0. The van der Waals surface area contributed by atoms with Crippen LogP contribution in [0.2, 0.25) is 0 Å². The normalized spacial score (nSPS) is 9.75. The van der Waals surface area contributed by atoms with E-state index in [-0.39, 0.29) is 0 Å². The molecule has 0 atom stereocenters. The van der Waals surface area contributed by atoms with E-state index in [2.05, 4.69) is 18.8 Å². The molecule has 0 amide bonds. The molecule has 0 N–H and O–H groups in total. The number of ether oxygens (including phenoxy) is 2. The Morgan fingerprint density at radius 1 is 1.25 bits per heavy atom. The largest absolute Gasteiger partial charge is 0.381 e. The van der Waals surface area contributed by atoms with Crippen molar-refractivity contribution in [3.63, 3.8) is 0 Å². The van der Waals surface area contributed by atoms with Crippen molar-refractivity contribution in [1.29, 1.82) is 0 Å². The molecular formula is C6H12O2. The van der Waals surface area contributed by atoms with Gasteiger partial charge in [-0.15, -0.1) is 0 Å². The first-order valence-corrected chi connectivity index (χ1v) is 2.65. The Labute approximate surface area is 50.8 Å². The van der Waals surface area contributed by atoms with E-state index < -0.39 is 0 Å². The highest BCUT2D eigenvalue weighted by atomic mass is 16.5. The number of hydrogen-bond donors (Lipinski definition) is 0. The van der Waals surface area contributed by atoms with E-state index in [0.29, 0.717) is 13.2 Å². The van der Waals surface area contributed by atoms with Crippen LogP contribution in [0.15, 0.2) is 0 Å². The van der Waals surface area contributed by atoms with Gasteiger partial charge < -0.3 is 9.47 Å². The highest BCUT2D eigenvalue weighted by Gasteiger charge is 1.82. The summed E-state index contributed by atoms with van der Waals surface area (Å²) in [6, 6.07) is 0. The first kappa shape index (κ1) is 7.92. The van der Waals surface area contributed by atoms with Gasteiger partial charge in [0.25, 0.3) is 0 Å². The highest BCUT2D eigenvalue weighted by Crippen LogP contribution is 1.81. The molecule has 2 heteroatoms. The molecule has 0 saturated heterocycles. The molecule has 0 rings (SSSR count). The van der Waals surface area contributed by atoms with Crippen molar-refractivity contribution >= 4 is 0 Å². The lowest BCUT2D eigenvalue weighted by Crippen LogP contribution is -1.96. The Hall–Kier alpha value is -0.0800. The molecule has 2 radical (unpaired) electrons. The van der Waals surface area contributed by atoms with E-state index >= 15 is 0 Å². The van der Waals surface area contributed by atoms with Crippen molar-refractivity contribution in [3.05, 3.63) is 14.0 Å². The van der Waals surface area contributed by atoms with E-state index in [9.17, 15) is 0 Å². The van der Waals surface area contributed by atoms with Crippen LogP contribution in [-0.2, 0) is 9.47 Å². The maximum Gasteiger partial charge on any atom is 0.0700 e. The van der Waals surface area contributed by atoms with Gasteiger partial charge in [-0.2, -0.15) is 0 Å². The van der Waals surface area contributed by atoms with E-state index in [4.69, 9.17) is 4.74 Å². The van der Waals surface area contributed by atoms with Crippen molar-refractivity contribution in [1.82, 2.24) is 0 Å². The Balaban J connectivity index is 2.53. The van der Waals surface area contributed by atoms with Crippen LogP contribution in [-0.4, -0.2) is 19.8 Å². The summed E-state index contributed by atoms with van der Waals surface area (Å²) in [7, 11) is 3.21. The van der Waals surface area contributed by atoms with Crippen LogP contribution in [0.3, 0.4) is 0 Å². The summed E-state index contributed by atoms with van der Waals surface area (Å²) >= 11 is 0. The molecule has 0 heterocycles. The average molecular weight is 116 g/mol. The van der Waals surface area contributed by atoms with Gasteiger partial charge in [0.05, 0.1) is 7.11 Å². The van der Waals surface area contributed by atoms with Crippen LogP contribution >= 0.6 is 0 Å². The lowest BCUT2D eigenvalue weighted by atomic mass is 10.5. The minimum Gasteiger partial charge on any atom is -0.381 e. The van der Waals surface area contributed by atoms with Crippen LogP contribution in [0, 0.1) is 14.0 Å². The second-order valence-electron chi connectivity index (χ2n) is 1.37. The molecule has 0 aromatic heterocycles. The zero-order chi connectivity index (χ0) is 6.24. The van der Waals surface area contributed by atoms with Crippen molar-refractivity contribution in [2.45, 2.75) is 6.42 Å². The molecule has 0 spiro atoms. The van der Waals surface area contributed by atoms with Gasteiger partial charge >= 0.3 is 0 Å². The summed E-state index contributed by atoms with van der Waals surface area (Å²) in [6.45, 7) is 5.43. The lowest BCUT2D eigenvalue weighted by Gasteiger charge is -1.97. The summed E-state index contributed by atoms with van der Waals surface area (Å²) in [5.74, 6) is 0. The zero-order valence-corrected chi connectivity index (χ0v) is 5.06. The van der Waals surface area contributed by atoms with Crippen LogP contribution in [0.25, 0.3) is 0 Å². The second kappa shape index (κ2) is 6.92. The van der Waals surface area contributed by atoms with E-state index in [1.807, 2.05) is 0 Å². The fourth-order valence-corrected chi connectivity index (χ4v) is 0.365. The molecule has 48 valence electrons.